The molecule has 1 fully saturated rings. The molecule has 2 atom stereocenters. The van der Waals surface area contributed by atoms with E-state index >= 15 is 0 Å². The van der Waals surface area contributed by atoms with Gasteiger partial charge in [-0.25, -0.2) is 0 Å². The molecule has 1 aliphatic rings. The third-order valence-corrected chi connectivity index (χ3v) is 3.40. The van der Waals surface area contributed by atoms with Crippen LogP contribution in [0.3, 0.4) is 0 Å². The lowest BCUT2D eigenvalue weighted by Crippen LogP contribution is -2.33. The van der Waals surface area contributed by atoms with Gasteiger partial charge in [0.15, 0.2) is 5.75 Å². The van der Waals surface area contributed by atoms with Crippen LogP contribution in [0.25, 0.3) is 0 Å². The van der Waals surface area contributed by atoms with Crippen LogP contribution in [0.5, 0.6) is 5.75 Å². The first-order valence-corrected chi connectivity index (χ1v) is 6.48. The van der Waals surface area contributed by atoms with Gasteiger partial charge in [-0.2, -0.15) is 0 Å². The van der Waals surface area contributed by atoms with Crippen LogP contribution in [0.2, 0.25) is 0 Å². The van der Waals surface area contributed by atoms with E-state index in [4.69, 9.17) is 16.2 Å². The maximum absolute atomic E-state index is 11.2. The molecule has 1 saturated carbocycles. The van der Waals surface area contributed by atoms with E-state index in [0.717, 1.165) is 19.3 Å². The lowest BCUT2D eigenvalue weighted by Gasteiger charge is -2.27. The first-order chi connectivity index (χ1) is 9.47. The predicted octanol–water partition coefficient (Wildman–Crippen LogP) is 1.34. The maximum atomic E-state index is 11.2. The number of hydrogen-bond donors (Lipinski definition) is 2. The van der Waals surface area contributed by atoms with Crippen LogP contribution in [-0.4, -0.2) is 23.0 Å². The Morgan fingerprint density at radius 3 is 2.75 bits per heavy atom. The Kier molecular flexibility index (Phi) is 4.19. The molecule has 20 heavy (non-hydrogen) atoms. The largest absolute Gasteiger partial charge is 0.483 e. The SMILES string of the molecule is NC(=O)c1ccc([N+](=O)[O-])c(OC2CCCC(N)C2)c1. The quantitative estimate of drug-likeness (QED) is 0.636. The molecule has 2 unspecified atom stereocenters. The molecule has 0 aromatic heterocycles. The van der Waals surface area contributed by atoms with Crippen molar-refractivity contribution >= 4 is 11.6 Å². The van der Waals surface area contributed by atoms with Crippen molar-refractivity contribution in [2.45, 2.75) is 37.8 Å². The summed E-state index contributed by atoms with van der Waals surface area (Å²) in [7, 11) is 0. The molecule has 1 aliphatic carbocycles. The van der Waals surface area contributed by atoms with Gasteiger partial charge in [-0.05, 0) is 31.7 Å². The summed E-state index contributed by atoms with van der Waals surface area (Å²) in [5.41, 5.74) is 11.1. The molecule has 108 valence electrons. The molecule has 0 aliphatic heterocycles. The van der Waals surface area contributed by atoms with Gasteiger partial charge in [0, 0.05) is 23.7 Å². The van der Waals surface area contributed by atoms with Crippen LogP contribution in [0.1, 0.15) is 36.0 Å². The number of rotatable bonds is 4. The zero-order valence-corrected chi connectivity index (χ0v) is 11.0. The zero-order chi connectivity index (χ0) is 14.7. The van der Waals surface area contributed by atoms with Crippen molar-refractivity contribution in [2.24, 2.45) is 11.5 Å². The summed E-state index contributed by atoms with van der Waals surface area (Å²) < 4.78 is 5.68. The van der Waals surface area contributed by atoms with Crippen LogP contribution in [-0.2, 0) is 0 Å². The molecule has 1 aromatic rings. The number of carbonyl (C=O) groups excluding carboxylic acids is 1. The second-order valence-electron chi connectivity index (χ2n) is 4.97. The van der Waals surface area contributed by atoms with Crippen molar-refractivity contribution in [3.8, 4) is 5.75 Å². The normalized spacial score (nSPS) is 22.2. The van der Waals surface area contributed by atoms with Gasteiger partial charge in [0.1, 0.15) is 6.10 Å². The summed E-state index contributed by atoms with van der Waals surface area (Å²) in [5, 5.41) is 11.0. The predicted molar refractivity (Wildman–Crippen MR) is 72.5 cm³/mol. The number of primary amides is 1. The van der Waals surface area contributed by atoms with Crippen LogP contribution >= 0.6 is 0 Å². The molecule has 0 radical (unpaired) electrons. The third kappa shape index (κ3) is 3.24. The molecule has 1 amide bonds. The van der Waals surface area contributed by atoms with Gasteiger partial charge < -0.3 is 16.2 Å². The lowest BCUT2D eigenvalue weighted by molar-refractivity contribution is -0.386. The second-order valence-corrected chi connectivity index (χ2v) is 4.97. The molecule has 0 heterocycles. The second kappa shape index (κ2) is 5.87. The van der Waals surface area contributed by atoms with Crippen molar-refractivity contribution in [2.75, 3.05) is 0 Å². The van der Waals surface area contributed by atoms with Gasteiger partial charge in [0.25, 0.3) is 0 Å². The molecule has 1 aromatic carbocycles. The summed E-state index contributed by atoms with van der Waals surface area (Å²) in [6.07, 6.45) is 3.14. The Morgan fingerprint density at radius 1 is 1.40 bits per heavy atom. The number of ether oxygens (including phenoxy) is 1. The topological polar surface area (TPSA) is 121 Å². The van der Waals surface area contributed by atoms with Crippen molar-refractivity contribution < 1.29 is 14.5 Å². The number of nitrogens with two attached hydrogens (primary N) is 2. The molecular formula is C13H17N3O4. The molecule has 7 nitrogen and oxygen atoms in total. The van der Waals surface area contributed by atoms with E-state index in [9.17, 15) is 14.9 Å². The fourth-order valence-corrected chi connectivity index (χ4v) is 2.38. The summed E-state index contributed by atoms with van der Waals surface area (Å²) in [6, 6.07) is 3.92. The van der Waals surface area contributed by atoms with Crippen LogP contribution in [0.15, 0.2) is 18.2 Å². The third-order valence-electron chi connectivity index (χ3n) is 3.40. The first-order valence-electron chi connectivity index (χ1n) is 6.48. The number of carbonyl (C=O) groups is 1. The fourth-order valence-electron chi connectivity index (χ4n) is 2.38. The zero-order valence-electron chi connectivity index (χ0n) is 11.0. The highest BCUT2D eigenvalue weighted by atomic mass is 16.6. The van der Waals surface area contributed by atoms with Crippen molar-refractivity contribution in [3.05, 3.63) is 33.9 Å². The molecule has 0 spiro atoms. The van der Waals surface area contributed by atoms with Gasteiger partial charge in [0.05, 0.1) is 4.92 Å². The minimum absolute atomic E-state index is 0.0483. The Balaban J connectivity index is 2.25. The summed E-state index contributed by atoms with van der Waals surface area (Å²) in [4.78, 5) is 21.6. The van der Waals surface area contributed by atoms with E-state index in [1.54, 1.807) is 0 Å². The van der Waals surface area contributed by atoms with Crippen molar-refractivity contribution in [1.82, 2.24) is 0 Å². The summed E-state index contributed by atoms with van der Waals surface area (Å²) in [6.45, 7) is 0. The molecule has 0 bridgehead atoms. The van der Waals surface area contributed by atoms with Crippen LogP contribution in [0, 0.1) is 10.1 Å². The van der Waals surface area contributed by atoms with Crippen molar-refractivity contribution in [3.63, 3.8) is 0 Å². The summed E-state index contributed by atoms with van der Waals surface area (Å²) in [5.74, 6) is -0.574. The number of benzene rings is 1. The standard InChI is InChI=1S/C13H17N3O4/c14-9-2-1-3-10(7-9)20-12-6-8(13(15)17)4-5-11(12)16(18)19/h4-6,9-10H,1-3,7,14H2,(H2,15,17). The average Bonchev–Trinajstić information content (AvgIpc) is 2.38. The van der Waals surface area contributed by atoms with E-state index in [1.165, 1.54) is 18.2 Å². The molecule has 0 saturated heterocycles. The maximum Gasteiger partial charge on any atom is 0.310 e. The first kappa shape index (κ1) is 14.3. The van der Waals surface area contributed by atoms with Gasteiger partial charge in [-0.3, -0.25) is 14.9 Å². The van der Waals surface area contributed by atoms with E-state index < -0.39 is 10.8 Å². The highest BCUT2D eigenvalue weighted by Crippen LogP contribution is 2.31. The Bertz CT molecular complexity index is 532. The average molecular weight is 279 g/mol. The van der Waals surface area contributed by atoms with E-state index in [2.05, 4.69) is 0 Å². The van der Waals surface area contributed by atoms with Gasteiger partial charge in [0.2, 0.25) is 5.91 Å². The number of hydrogen-bond acceptors (Lipinski definition) is 5. The van der Waals surface area contributed by atoms with Gasteiger partial charge >= 0.3 is 5.69 Å². The van der Waals surface area contributed by atoms with Crippen LogP contribution < -0.4 is 16.2 Å². The minimum atomic E-state index is -0.648. The van der Waals surface area contributed by atoms with E-state index in [1.807, 2.05) is 0 Å². The Hall–Kier alpha value is -2.15. The number of nitrogens with zero attached hydrogens (tertiary/aromatic N) is 1. The van der Waals surface area contributed by atoms with Gasteiger partial charge in [-0.15, -0.1) is 0 Å². The molecular weight excluding hydrogens is 262 g/mol. The van der Waals surface area contributed by atoms with Crippen LogP contribution in [0.4, 0.5) is 5.69 Å². The Morgan fingerprint density at radius 2 is 2.15 bits per heavy atom. The number of nitro benzene ring substituents is 1. The molecule has 2 rings (SSSR count). The van der Waals surface area contributed by atoms with E-state index in [-0.39, 0.29) is 29.1 Å². The highest BCUT2D eigenvalue weighted by molar-refractivity contribution is 5.93. The smallest absolute Gasteiger partial charge is 0.310 e. The molecule has 4 N–H and O–H groups in total. The lowest BCUT2D eigenvalue weighted by atomic mass is 9.93. The van der Waals surface area contributed by atoms with Crippen molar-refractivity contribution in [1.29, 1.82) is 0 Å². The monoisotopic (exact) mass is 279 g/mol. The number of amides is 1. The highest BCUT2D eigenvalue weighted by Gasteiger charge is 2.24. The number of nitro groups is 1. The Labute approximate surface area is 116 Å². The molecule has 7 heteroatoms. The fraction of sp³-hybridized carbons (Fsp3) is 0.462. The summed E-state index contributed by atoms with van der Waals surface area (Å²) >= 11 is 0. The van der Waals surface area contributed by atoms with Gasteiger partial charge in [-0.1, -0.05) is 0 Å². The minimum Gasteiger partial charge on any atom is -0.483 e. The van der Waals surface area contributed by atoms with E-state index in [0.29, 0.717) is 6.42 Å².